The number of benzene rings is 3. The van der Waals surface area contributed by atoms with Gasteiger partial charge in [-0.25, -0.2) is 8.42 Å². The van der Waals surface area contributed by atoms with Crippen LogP contribution in [-0.2, 0) is 10.0 Å². The molecule has 1 amide bonds. The molecule has 3 aromatic carbocycles. The van der Waals surface area contributed by atoms with Crippen molar-refractivity contribution in [3.05, 3.63) is 65.2 Å². The first-order valence-electron chi connectivity index (χ1n) is 9.25. The van der Waals surface area contributed by atoms with Gasteiger partial charge in [0.1, 0.15) is 0 Å². The van der Waals surface area contributed by atoms with Crippen LogP contribution in [0.3, 0.4) is 0 Å². The lowest BCUT2D eigenvalue weighted by molar-refractivity contribution is 0.102. The van der Waals surface area contributed by atoms with Crippen LogP contribution in [0.2, 0.25) is 5.02 Å². The van der Waals surface area contributed by atoms with E-state index in [-0.39, 0.29) is 11.7 Å². The predicted molar refractivity (Wildman–Crippen MR) is 118 cm³/mol. The molecule has 1 aliphatic heterocycles. The average Bonchev–Trinajstić information content (AvgIpc) is 2.70. The molecular weight excluding hydrogens is 410 g/mol. The number of carbonyl (C=O) groups excluding carboxylic acids is 1. The highest BCUT2D eigenvalue weighted by atomic mass is 35.5. The van der Waals surface area contributed by atoms with Crippen LogP contribution in [0.25, 0.3) is 10.8 Å². The molecule has 1 heterocycles. The van der Waals surface area contributed by atoms with Crippen molar-refractivity contribution in [2.24, 2.45) is 0 Å². The van der Waals surface area contributed by atoms with Crippen LogP contribution < -0.4 is 15.4 Å². The summed E-state index contributed by atoms with van der Waals surface area (Å²) in [6.07, 6.45) is 1.51. The fourth-order valence-corrected chi connectivity index (χ4v) is 5.47. The molecule has 29 heavy (non-hydrogen) atoms. The summed E-state index contributed by atoms with van der Waals surface area (Å²) < 4.78 is 25.9. The molecule has 0 unspecified atom stereocenters. The molecule has 0 radical (unpaired) electrons. The largest absolute Gasteiger partial charge is 0.398 e. The zero-order valence-corrected chi connectivity index (χ0v) is 17.1. The van der Waals surface area contributed by atoms with Gasteiger partial charge in [-0.2, -0.15) is 0 Å². The van der Waals surface area contributed by atoms with Crippen molar-refractivity contribution in [3.63, 3.8) is 0 Å². The lowest BCUT2D eigenvalue weighted by Gasteiger charge is -2.28. The van der Waals surface area contributed by atoms with Crippen LogP contribution in [0.4, 0.5) is 17.1 Å². The van der Waals surface area contributed by atoms with Crippen LogP contribution >= 0.6 is 11.6 Å². The van der Waals surface area contributed by atoms with Gasteiger partial charge in [-0.05, 0) is 55.3 Å². The third-order valence-electron chi connectivity index (χ3n) is 5.04. The minimum atomic E-state index is -3.28. The number of nitrogens with two attached hydrogens (primary N) is 1. The topological polar surface area (TPSA) is 92.5 Å². The molecule has 0 atom stereocenters. The lowest BCUT2D eigenvalue weighted by Crippen LogP contribution is -2.37. The third kappa shape index (κ3) is 3.75. The first-order chi connectivity index (χ1) is 13.9. The van der Waals surface area contributed by atoms with Crippen LogP contribution in [0.5, 0.6) is 0 Å². The van der Waals surface area contributed by atoms with Crippen LogP contribution in [0.1, 0.15) is 23.2 Å². The van der Waals surface area contributed by atoms with E-state index < -0.39 is 10.0 Å². The number of hydrogen-bond acceptors (Lipinski definition) is 4. The number of nitrogens with zero attached hydrogens (tertiary/aromatic N) is 1. The number of amides is 1. The Morgan fingerprint density at radius 3 is 2.52 bits per heavy atom. The second kappa shape index (κ2) is 7.57. The zero-order chi connectivity index (χ0) is 20.6. The Bertz CT molecular complexity index is 1190. The minimum absolute atomic E-state index is 0.155. The highest BCUT2D eigenvalue weighted by molar-refractivity contribution is 7.92. The van der Waals surface area contributed by atoms with E-state index in [4.69, 9.17) is 17.3 Å². The summed E-state index contributed by atoms with van der Waals surface area (Å²) in [6, 6.07) is 15.4. The molecule has 8 heteroatoms. The molecule has 4 rings (SSSR count). The molecule has 3 N–H and O–H groups in total. The maximum absolute atomic E-state index is 12.7. The van der Waals surface area contributed by atoms with E-state index in [1.165, 1.54) is 4.31 Å². The van der Waals surface area contributed by atoms with Gasteiger partial charge in [0.05, 0.1) is 16.5 Å². The molecule has 0 aromatic heterocycles. The third-order valence-corrected chi connectivity index (χ3v) is 7.22. The summed E-state index contributed by atoms with van der Waals surface area (Å²) in [7, 11) is -3.28. The monoisotopic (exact) mass is 429 g/mol. The van der Waals surface area contributed by atoms with E-state index in [9.17, 15) is 13.2 Å². The normalized spacial score (nSPS) is 16.0. The SMILES string of the molecule is Nc1cccc2c(NC(=O)c3ccc(N4CCCCS4(=O)=O)cc3)ccc(Cl)c12. The average molecular weight is 430 g/mol. The summed E-state index contributed by atoms with van der Waals surface area (Å²) in [5.41, 5.74) is 8.17. The lowest BCUT2D eigenvalue weighted by atomic mass is 10.1. The number of sulfonamides is 1. The number of halogens is 1. The van der Waals surface area contributed by atoms with E-state index >= 15 is 0 Å². The van der Waals surface area contributed by atoms with Crippen LogP contribution in [0.15, 0.2) is 54.6 Å². The number of rotatable bonds is 3. The maximum atomic E-state index is 12.7. The molecule has 1 aliphatic rings. The Balaban J connectivity index is 1.59. The Morgan fingerprint density at radius 2 is 1.79 bits per heavy atom. The van der Waals surface area contributed by atoms with Crippen molar-refractivity contribution in [1.29, 1.82) is 0 Å². The van der Waals surface area contributed by atoms with Gasteiger partial charge < -0.3 is 11.1 Å². The summed E-state index contributed by atoms with van der Waals surface area (Å²) in [6.45, 7) is 0.464. The molecule has 1 saturated heterocycles. The van der Waals surface area contributed by atoms with Gasteiger partial charge >= 0.3 is 0 Å². The molecule has 1 fully saturated rings. The summed E-state index contributed by atoms with van der Waals surface area (Å²) in [4.78, 5) is 12.7. The van der Waals surface area contributed by atoms with Gasteiger partial charge in [0.15, 0.2) is 0 Å². The van der Waals surface area contributed by atoms with E-state index in [2.05, 4.69) is 5.32 Å². The number of anilines is 3. The molecule has 0 saturated carbocycles. The van der Waals surface area contributed by atoms with Crippen molar-refractivity contribution >= 4 is 55.4 Å². The fourth-order valence-electron chi connectivity index (χ4n) is 3.55. The molecular formula is C21H20ClN3O3S. The molecule has 0 spiro atoms. The summed E-state index contributed by atoms with van der Waals surface area (Å²) in [5, 5.41) is 4.85. The zero-order valence-electron chi connectivity index (χ0n) is 15.6. The molecule has 6 nitrogen and oxygen atoms in total. The summed E-state index contributed by atoms with van der Waals surface area (Å²) >= 11 is 6.26. The molecule has 3 aromatic rings. The van der Waals surface area contributed by atoms with Crippen molar-refractivity contribution in [2.45, 2.75) is 12.8 Å². The van der Waals surface area contributed by atoms with E-state index in [0.29, 0.717) is 46.0 Å². The van der Waals surface area contributed by atoms with E-state index in [0.717, 1.165) is 11.8 Å². The predicted octanol–water partition coefficient (Wildman–Crippen LogP) is 4.26. The van der Waals surface area contributed by atoms with E-state index in [1.807, 2.05) is 6.07 Å². The highest BCUT2D eigenvalue weighted by Crippen LogP contribution is 2.34. The van der Waals surface area contributed by atoms with Gasteiger partial charge in [0.2, 0.25) is 10.0 Å². The minimum Gasteiger partial charge on any atom is -0.398 e. The van der Waals surface area contributed by atoms with Gasteiger partial charge in [0, 0.05) is 34.3 Å². The standard InChI is InChI=1S/C21H20ClN3O3S/c22-17-10-11-19(16-4-3-5-18(23)20(16)17)24-21(26)14-6-8-15(9-7-14)25-12-1-2-13-29(25,27)28/h3-11H,1-2,12-13,23H2,(H,24,26). The number of nitrogens with one attached hydrogen (secondary N) is 1. The van der Waals surface area contributed by atoms with Gasteiger partial charge in [-0.3, -0.25) is 9.10 Å². The Kier molecular flexibility index (Phi) is 5.10. The summed E-state index contributed by atoms with van der Waals surface area (Å²) in [5.74, 6) is -0.147. The van der Waals surface area contributed by atoms with Gasteiger partial charge in [-0.15, -0.1) is 0 Å². The Labute approximate surface area is 174 Å². The number of fused-ring (bicyclic) bond motifs is 1. The van der Waals surface area contributed by atoms with Gasteiger partial charge in [0.25, 0.3) is 5.91 Å². The highest BCUT2D eigenvalue weighted by Gasteiger charge is 2.26. The first kappa shape index (κ1) is 19.5. The quantitative estimate of drug-likeness (QED) is 0.608. The van der Waals surface area contributed by atoms with Crippen molar-refractivity contribution in [1.82, 2.24) is 0 Å². The fraction of sp³-hybridized carbons (Fsp3) is 0.190. The number of carbonyl (C=O) groups is 1. The molecule has 0 bridgehead atoms. The van der Waals surface area contributed by atoms with Crippen molar-refractivity contribution in [3.8, 4) is 0 Å². The molecule has 150 valence electrons. The Morgan fingerprint density at radius 1 is 1.03 bits per heavy atom. The van der Waals surface area contributed by atoms with Crippen molar-refractivity contribution in [2.75, 3.05) is 27.7 Å². The number of nitrogen functional groups attached to an aromatic ring is 1. The second-order valence-corrected chi connectivity index (χ2v) is 9.38. The van der Waals surface area contributed by atoms with Gasteiger partial charge in [-0.1, -0.05) is 23.7 Å². The van der Waals surface area contributed by atoms with E-state index in [1.54, 1.807) is 48.5 Å². The van der Waals surface area contributed by atoms with Crippen molar-refractivity contribution < 1.29 is 13.2 Å². The second-order valence-electron chi connectivity index (χ2n) is 6.96. The smallest absolute Gasteiger partial charge is 0.255 e. The van der Waals surface area contributed by atoms with Crippen LogP contribution in [0, 0.1) is 0 Å². The maximum Gasteiger partial charge on any atom is 0.255 e. The number of hydrogen-bond donors (Lipinski definition) is 2. The first-order valence-corrected chi connectivity index (χ1v) is 11.2. The molecule has 0 aliphatic carbocycles. The van der Waals surface area contributed by atoms with Crippen LogP contribution in [-0.4, -0.2) is 26.6 Å². The Hall–Kier alpha value is -2.77.